The van der Waals surface area contributed by atoms with Gasteiger partial charge in [-0.2, -0.15) is 0 Å². The lowest BCUT2D eigenvalue weighted by atomic mass is 10.0. The van der Waals surface area contributed by atoms with E-state index in [0.29, 0.717) is 19.4 Å². The molecular weight excluding hydrogens is 302 g/mol. The first-order chi connectivity index (χ1) is 10.8. The smallest absolute Gasteiger partial charge is 0.320 e. The largest absolute Gasteiger partial charge is 0.480 e. The highest BCUT2D eigenvalue weighted by Crippen LogP contribution is 2.02. The third kappa shape index (κ3) is 9.41. The number of rotatable bonds is 12. The van der Waals surface area contributed by atoms with Gasteiger partial charge in [-0.25, -0.2) is 0 Å². The van der Waals surface area contributed by atoms with Crippen molar-refractivity contribution in [2.75, 3.05) is 6.54 Å². The summed E-state index contributed by atoms with van der Waals surface area (Å²) in [5.41, 5.74) is 5.32. The van der Waals surface area contributed by atoms with Crippen LogP contribution in [0.25, 0.3) is 0 Å². The molecule has 8 heteroatoms. The van der Waals surface area contributed by atoms with Crippen molar-refractivity contribution >= 4 is 23.6 Å². The second kappa shape index (κ2) is 11.4. The summed E-state index contributed by atoms with van der Waals surface area (Å²) in [4.78, 5) is 45.2. The van der Waals surface area contributed by atoms with Crippen LogP contribution in [0, 0.1) is 0 Å². The van der Waals surface area contributed by atoms with Crippen molar-refractivity contribution in [1.82, 2.24) is 10.6 Å². The fourth-order valence-corrected chi connectivity index (χ4v) is 1.81. The third-order valence-corrected chi connectivity index (χ3v) is 3.22. The summed E-state index contributed by atoms with van der Waals surface area (Å²) in [5, 5.41) is 13.8. The zero-order valence-corrected chi connectivity index (χ0v) is 13.3. The summed E-state index contributed by atoms with van der Waals surface area (Å²) in [6, 6.07) is -1.70. The highest BCUT2D eigenvalue weighted by atomic mass is 16.4. The Bertz CT molecular complexity index is 450. The van der Waals surface area contributed by atoms with Gasteiger partial charge >= 0.3 is 5.97 Å². The van der Waals surface area contributed by atoms with E-state index < -0.39 is 24.0 Å². The molecule has 0 aromatic carbocycles. The van der Waals surface area contributed by atoms with Gasteiger partial charge in [0.15, 0.2) is 5.78 Å². The van der Waals surface area contributed by atoms with E-state index in [9.17, 15) is 19.2 Å². The van der Waals surface area contributed by atoms with E-state index in [1.54, 1.807) is 6.92 Å². The van der Waals surface area contributed by atoms with Crippen molar-refractivity contribution < 1.29 is 24.3 Å². The van der Waals surface area contributed by atoms with Gasteiger partial charge in [-0.15, -0.1) is 0 Å². The number of ketones is 1. The van der Waals surface area contributed by atoms with E-state index >= 15 is 0 Å². The number of nitrogens with two attached hydrogens (primary N) is 1. The van der Waals surface area contributed by atoms with E-state index in [0.717, 1.165) is 6.08 Å². The van der Waals surface area contributed by atoms with Crippen molar-refractivity contribution in [3.05, 3.63) is 12.7 Å². The number of Topliss-reactive ketones (excluding diaryl/α,β-unsaturated/α-hetero) is 1. The summed E-state index contributed by atoms with van der Waals surface area (Å²) >= 11 is 0. The minimum Gasteiger partial charge on any atom is -0.480 e. The maximum atomic E-state index is 12.0. The highest BCUT2D eigenvalue weighted by molar-refractivity contribution is 5.89. The molecule has 0 heterocycles. The number of hydrogen-bond acceptors (Lipinski definition) is 5. The van der Waals surface area contributed by atoms with E-state index in [4.69, 9.17) is 10.8 Å². The second-order valence-corrected chi connectivity index (χ2v) is 5.08. The van der Waals surface area contributed by atoms with Crippen molar-refractivity contribution in [3.63, 3.8) is 0 Å². The Labute approximate surface area is 135 Å². The molecule has 2 amide bonds. The molecule has 0 aliphatic heterocycles. The minimum absolute atomic E-state index is 0.0133. The zero-order valence-electron chi connectivity index (χ0n) is 13.3. The molecule has 0 bridgehead atoms. The topological polar surface area (TPSA) is 139 Å². The molecule has 0 saturated carbocycles. The SMILES string of the molecule is C=CC(=O)NCCCC(=O)C(CC)NC(=O)CCC(N)C(=O)O. The molecule has 0 saturated heterocycles. The van der Waals surface area contributed by atoms with E-state index in [2.05, 4.69) is 17.2 Å². The predicted molar refractivity (Wildman–Crippen MR) is 84.5 cm³/mol. The van der Waals surface area contributed by atoms with Crippen LogP contribution in [0.3, 0.4) is 0 Å². The first-order valence-electron chi connectivity index (χ1n) is 7.52. The Balaban J connectivity index is 4.13. The molecule has 2 atom stereocenters. The average Bonchev–Trinajstić information content (AvgIpc) is 2.53. The zero-order chi connectivity index (χ0) is 17.8. The molecule has 23 heavy (non-hydrogen) atoms. The van der Waals surface area contributed by atoms with E-state index in [1.165, 1.54) is 0 Å². The molecule has 8 nitrogen and oxygen atoms in total. The molecule has 2 unspecified atom stereocenters. The molecule has 0 radical (unpaired) electrons. The first kappa shape index (κ1) is 20.8. The fraction of sp³-hybridized carbons (Fsp3) is 0.600. The van der Waals surface area contributed by atoms with Gasteiger partial charge in [-0.05, 0) is 25.3 Å². The molecule has 5 N–H and O–H groups in total. The van der Waals surface area contributed by atoms with Gasteiger partial charge < -0.3 is 21.5 Å². The van der Waals surface area contributed by atoms with Crippen molar-refractivity contribution in [1.29, 1.82) is 0 Å². The minimum atomic E-state index is -1.16. The number of carbonyl (C=O) groups excluding carboxylic acids is 3. The van der Waals surface area contributed by atoms with Crippen LogP contribution in [0.4, 0.5) is 0 Å². The van der Waals surface area contributed by atoms with Crippen LogP contribution in [0.15, 0.2) is 12.7 Å². The van der Waals surface area contributed by atoms with Crippen molar-refractivity contribution in [2.45, 2.75) is 51.1 Å². The van der Waals surface area contributed by atoms with Crippen LogP contribution >= 0.6 is 0 Å². The maximum absolute atomic E-state index is 12.0. The lowest BCUT2D eigenvalue weighted by molar-refractivity contribution is -0.138. The van der Waals surface area contributed by atoms with Gasteiger partial charge in [-0.3, -0.25) is 19.2 Å². The highest BCUT2D eigenvalue weighted by Gasteiger charge is 2.19. The summed E-state index contributed by atoms with van der Waals surface area (Å²) in [5.74, 6) is -1.99. The van der Waals surface area contributed by atoms with Gasteiger partial charge in [0.05, 0.1) is 6.04 Å². The first-order valence-corrected chi connectivity index (χ1v) is 7.52. The van der Waals surface area contributed by atoms with Gasteiger partial charge in [0.1, 0.15) is 6.04 Å². The Kier molecular flexibility index (Phi) is 10.3. The third-order valence-electron chi connectivity index (χ3n) is 3.22. The van der Waals surface area contributed by atoms with Crippen LogP contribution in [-0.4, -0.2) is 47.3 Å². The summed E-state index contributed by atoms with van der Waals surface area (Å²) in [6.07, 6.45) is 2.25. The normalized spacial score (nSPS) is 12.8. The van der Waals surface area contributed by atoms with Crippen molar-refractivity contribution in [3.8, 4) is 0 Å². The molecule has 130 valence electrons. The number of aliphatic carboxylic acids is 1. The van der Waals surface area contributed by atoms with Crippen LogP contribution in [0.1, 0.15) is 39.0 Å². The van der Waals surface area contributed by atoms with E-state index in [-0.39, 0.29) is 31.0 Å². The quantitative estimate of drug-likeness (QED) is 0.287. The van der Waals surface area contributed by atoms with Crippen molar-refractivity contribution in [2.24, 2.45) is 5.73 Å². The molecular formula is C15H25N3O5. The second-order valence-electron chi connectivity index (χ2n) is 5.08. The van der Waals surface area contributed by atoms with Gasteiger partial charge in [-0.1, -0.05) is 13.5 Å². The Morgan fingerprint density at radius 3 is 2.43 bits per heavy atom. The molecule has 0 aliphatic carbocycles. The molecule has 0 aromatic heterocycles. The number of carboxylic acid groups (broad SMARTS) is 1. The van der Waals surface area contributed by atoms with Crippen LogP contribution in [-0.2, 0) is 19.2 Å². The molecule has 0 fully saturated rings. The van der Waals surface area contributed by atoms with Gasteiger partial charge in [0.2, 0.25) is 11.8 Å². The monoisotopic (exact) mass is 327 g/mol. The molecule has 0 spiro atoms. The van der Waals surface area contributed by atoms with Gasteiger partial charge in [0.25, 0.3) is 0 Å². The Morgan fingerprint density at radius 2 is 1.91 bits per heavy atom. The molecule has 0 rings (SSSR count). The number of nitrogens with one attached hydrogen (secondary N) is 2. The van der Waals surface area contributed by atoms with Gasteiger partial charge in [0, 0.05) is 19.4 Å². The summed E-state index contributed by atoms with van der Waals surface area (Å²) in [6.45, 7) is 5.44. The van der Waals surface area contributed by atoms with Crippen LogP contribution in [0.5, 0.6) is 0 Å². The molecule has 0 aromatic rings. The predicted octanol–water partition coefficient (Wildman–Crippen LogP) is -0.275. The van der Waals surface area contributed by atoms with Crippen LogP contribution in [0.2, 0.25) is 0 Å². The fourth-order valence-electron chi connectivity index (χ4n) is 1.81. The van der Waals surface area contributed by atoms with Crippen LogP contribution < -0.4 is 16.4 Å². The standard InChI is InChI=1S/C15H25N3O5/c1-3-11(12(19)6-5-9-17-13(20)4-2)18-14(21)8-7-10(16)15(22)23/h4,10-11H,2-3,5-9,16H2,1H3,(H,17,20)(H,18,21)(H,22,23). The summed E-state index contributed by atoms with van der Waals surface area (Å²) in [7, 11) is 0. The average molecular weight is 327 g/mol. The number of amides is 2. The Morgan fingerprint density at radius 1 is 1.26 bits per heavy atom. The number of carbonyl (C=O) groups is 4. The number of hydrogen-bond donors (Lipinski definition) is 4. The van der Waals surface area contributed by atoms with E-state index in [1.807, 2.05) is 0 Å². The maximum Gasteiger partial charge on any atom is 0.320 e. The lowest BCUT2D eigenvalue weighted by Gasteiger charge is -2.16. The number of carboxylic acids is 1. The lowest BCUT2D eigenvalue weighted by Crippen LogP contribution is -2.41. The Hall–Kier alpha value is -2.22. The summed E-state index contributed by atoms with van der Waals surface area (Å²) < 4.78 is 0. The molecule has 0 aliphatic rings.